The quantitative estimate of drug-likeness (QED) is 0.0903. The van der Waals surface area contributed by atoms with Crippen molar-refractivity contribution in [2.75, 3.05) is 0 Å². The van der Waals surface area contributed by atoms with Crippen LogP contribution >= 0.6 is 31.7 Å². The Morgan fingerprint density at radius 3 is 0.438 bits per heavy atom. The molecule has 4 aromatic heterocycles. The Bertz CT molecular complexity index is 4210. The zero-order chi connectivity index (χ0) is 62.6. The zero-order valence-electron chi connectivity index (χ0n) is 53.3. The van der Waals surface area contributed by atoms with Gasteiger partial charge in [0.25, 0.3) is 0 Å². The number of benzene rings is 12. The molecular weight excluding hydrogens is 1530 g/mol. The van der Waals surface area contributed by atoms with Gasteiger partial charge in [-0.05, 0) is 169 Å². The zero-order valence-corrected chi connectivity index (χ0v) is 62.2. The van der Waals surface area contributed by atoms with Crippen molar-refractivity contribution < 1.29 is 78.9 Å². The molecule has 4 heterocycles. The first-order chi connectivity index (χ1) is 45.4. The summed E-state index contributed by atoms with van der Waals surface area (Å²) >= 11 is 0. The van der Waals surface area contributed by atoms with Crippen LogP contribution in [0.4, 0.5) is 0 Å². The fourth-order valence-electron chi connectivity index (χ4n) is 12.5. The van der Waals surface area contributed by atoms with Gasteiger partial charge in [0.1, 0.15) is 0 Å². The third-order valence-electron chi connectivity index (χ3n) is 17.0. The summed E-state index contributed by atoms with van der Waals surface area (Å²) in [6, 6.07) is 120. The van der Waals surface area contributed by atoms with Gasteiger partial charge in [0, 0.05) is 21.7 Å². The fraction of sp³-hybridized carbons (Fsp3) is 0.0476. The molecule has 0 saturated carbocycles. The van der Waals surface area contributed by atoms with Crippen LogP contribution in [0.3, 0.4) is 0 Å². The van der Waals surface area contributed by atoms with E-state index in [9.17, 15) is 0 Å². The maximum Gasteiger partial charge on any atom is 1.00 e. The number of hydrogen-bond donors (Lipinski definition) is 0. The van der Waals surface area contributed by atoms with Crippen molar-refractivity contribution >= 4 is 139 Å². The summed E-state index contributed by atoms with van der Waals surface area (Å²) < 4.78 is 0. The van der Waals surface area contributed by atoms with Crippen molar-refractivity contribution in [3.63, 3.8) is 0 Å². The summed E-state index contributed by atoms with van der Waals surface area (Å²) in [6.07, 6.45) is 0. The molecule has 0 amide bonds. The van der Waals surface area contributed by atoms with E-state index in [1.807, 2.05) is 0 Å². The molecule has 0 aliphatic rings. The van der Waals surface area contributed by atoms with Crippen molar-refractivity contribution in [3.8, 4) is 0 Å². The van der Waals surface area contributed by atoms with Crippen LogP contribution in [0.15, 0.2) is 340 Å². The third kappa shape index (κ3) is 16.6. The number of para-hydroxylation sites is 4. The van der Waals surface area contributed by atoms with E-state index in [2.05, 4.69) is 367 Å². The van der Waals surface area contributed by atoms with E-state index in [1.54, 1.807) is 0 Å². The molecule has 96 heavy (non-hydrogen) atoms. The molecule has 4 nitrogen and oxygen atoms in total. The maximum atomic E-state index is 5.01. The van der Waals surface area contributed by atoms with E-state index in [1.165, 1.54) is 108 Å². The third-order valence-corrected chi connectivity index (χ3v) is 28.2. The molecule has 0 N–H and O–H groups in total. The molecule has 0 bridgehead atoms. The van der Waals surface area contributed by atoms with Gasteiger partial charge < -0.3 is 19.9 Å². The van der Waals surface area contributed by atoms with Crippen LogP contribution in [0, 0.1) is 27.7 Å². The maximum absolute atomic E-state index is 5.01. The van der Waals surface area contributed by atoms with Crippen LogP contribution in [0.5, 0.6) is 0 Å². The largest absolute Gasteiger partial charge is 1.00 e. The smallest absolute Gasteiger partial charge is 0.626 e. The number of aromatic nitrogens is 4. The minimum atomic E-state index is -1.08. The van der Waals surface area contributed by atoms with Crippen molar-refractivity contribution in [2.45, 2.75) is 27.7 Å². The molecule has 0 fully saturated rings. The van der Waals surface area contributed by atoms with Crippen LogP contribution in [0.1, 0.15) is 22.3 Å². The van der Waals surface area contributed by atoms with Gasteiger partial charge in [-0.2, -0.15) is 0 Å². The summed E-state index contributed by atoms with van der Waals surface area (Å²) in [5, 5.41) is 16.2. The molecule has 488 valence electrons. The number of aryl methyl sites for hydroxylation is 4. The number of rotatable bonds is 12. The Hall–Kier alpha value is -6.96. The summed E-state index contributed by atoms with van der Waals surface area (Å²) in [5.74, 6) is 0. The second kappa shape index (κ2) is 35.5. The van der Waals surface area contributed by atoms with Crippen LogP contribution in [-0.4, -0.2) is 0 Å². The topological polar surface area (TPSA) is 56.4 Å². The van der Waals surface area contributed by atoms with Gasteiger partial charge in [0.2, 0.25) is 0 Å². The predicted octanol–water partition coefficient (Wildman–Crippen LogP) is 14.4. The molecule has 12 heteroatoms. The van der Waals surface area contributed by atoms with Crippen LogP contribution < -0.4 is 84.1 Å². The van der Waals surface area contributed by atoms with Gasteiger partial charge in [0.05, 0.1) is 74.1 Å². The first-order valence-electron chi connectivity index (χ1n) is 31.4. The van der Waals surface area contributed by atoms with Crippen LogP contribution in [-0.2, 0) is 78.9 Å². The standard InChI is InChI=1S/4C21H17NP.2Ag.2Cu/c4*1-16-19-14-8-9-15-20(19)22-21(16)23(17-10-4-2-5-11-17)18-12-6-3-7-13-18;;;;/h4*2-15H,1H3;;;;/q4*-1;4*+1/p+4. The first kappa shape index (κ1) is 73.3. The van der Waals surface area contributed by atoms with Crippen LogP contribution in [0.25, 0.3) is 43.6 Å². The van der Waals surface area contributed by atoms with Crippen molar-refractivity contribution in [3.05, 3.63) is 362 Å². The normalized spacial score (nSPS) is 10.8. The fourth-order valence-corrected chi connectivity index (χ4v) is 23.1. The van der Waals surface area contributed by atoms with E-state index in [-0.39, 0.29) is 78.9 Å². The minimum absolute atomic E-state index is 0. The van der Waals surface area contributed by atoms with Crippen molar-refractivity contribution in [1.29, 1.82) is 0 Å². The first-order valence-corrected chi connectivity index (χ1v) is 37.4. The molecule has 0 atom stereocenters. The number of nitrogens with zero attached hydrogens (tertiary/aromatic N) is 4. The van der Waals surface area contributed by atoms with Gasteiger partial charge in [0.15, 0.2) is 0 Å². The van der Waals surface area contributed by atoms with Gasteiger partial charge in [-0.15, -0.1) is 22.1 Å². The van der Waals surface area contributed by atoms with Gasteiger partial charge in [-0.1, -0.05) is 243 Å². The summed E-state index contributed by atoms with van der Waals surface area (Å²) in [4.78, 5) is 20.0. The average molecular weight is 1600 g/mol. The van der Waals surface area contributed by atoms with Crippen molar-refractivity contribution in [2.24, 2.45) is 0 Å². The average Bonchev–Trinajstić information content (AvgIpc) is 1.64. The van der Waals surface area contributed by atoms with Crippen molar-refractivity contribution in [1.82, 2.24) is 19.9 Å². The Morgan fingerprint density at radius 1 is 0.177 bits per heavy atom. The molecule has 0 unspecified atom stereocenters. The Balaban J connectivity index is 0.000000148. The van der Waals surface area contributed by atoms with E-state index in [0.717, 1.165) is 22.1 Å². The monoisotopic (exact) mass is 1600 g/mol. The van der Waals surface area contributed by atoms with E-state index in [4.69, 9.17) is 19.9 Å². The number of hydrogen-bond acceptors (Lipinski definition) is 0. The molecule has 12 aromatic carbocycles. The molecule has 0 spiro atoms. The minimum Gasteiger partial charge on any atom is -0.626 e. The summed E-state index contributed by atoms with van der Waals surface area (Å²) in [7, 11) is -4.32. The SMILES string of the molecule is Cc1c([PH+](c2ccccc2)c2ccccc2)[n-]c2ccccc12.Cc1c([PH+](c2ccccc2)c2ccccc2)[n-]c2ccccc12.Cc1c([PH+](c2ccccc2)c2ccccc2)[n-]c2ccccc12.Cc1c([PH+](c2ccccc2)c2ccccc2)[n-]c2ccccc12.[Ag+].[Ag+].[Cu+].[Cu+]. The van der Waals surface area contributed by atoms with Gasteiger partial charge in [-0.25, -0.2) is 0 Å². The van der Waals surface area contributed by atoms with Gasteiger partial charge in [-0.3, -0.25) is 0 Å². The molecule has 16 rings (SSSR count). The Kier molecular flexibility index (Phi) is 27.1. The summed E-state index contributed by atoms with van der Waals surface area (Å²) in [6.45, 7) is 8.84. The molecule has 0 aliphatic carbocycles. The Morgan fingerprint density at radius 2 is 0.302 bits per heavy atom. The van der Waals surface area contributed by atoms with E-state index >= 15 is 0 Å². The van der Waals surface area contributed by atoms with E-state index in [0.29, 0.717) is 0 Å². The van der Waals surface area contributed by atoms with Gasteiger partial charge >= 0.3 is 78.9 Å². The van der Waals surface area contributed by atoms with Crippen LogP contribution in [0.2, 0.25) is 0 Å². The summed E-state index contributed by atoms with van der Waals surface area (Å²) in [5.41, 5.74) is 14.7. The van der Waals surface area contributed by atoms with E-state index < -0.39 is 31.7 Å². The molecule has 16 aromatic rings. The Labute approximate surface area is 622 Å². The molecular formula is C84H72Ag2Cu2N4P4+4. The predicted molar refractivity (Wildman–Crippen MR) is 408 cm³/mol. The molecule has 0 radical (unpaired) electrons. The molecule has 0 aliphatic heterocycles. The number of fused-ring (bicyclic) bond motifs is 4. The second-order valence-electron chi connectivity index (χ2n) is 22.8. The molecule has 0 saturated heterocycles. The second-order valence-corrected chi connectivity index (χ2v) is 32.4.